The Morgan fingerprint density at radius 1 is 0.769 bits per heavy atom. The molecule has 0 spiro atoms. The predicted octanol–water partition coefficient (Wildman–Crippen LogP) is 5.55. The number of rotatable bonds is 5. The van der Waals surface area contributed by atoms with Gasteiger partial charge in [-0.3, -0.25) is 0 Å². The quantitative estimate of drug-likeness (QED) is 0.605. The molecule has 0 unspecified atom stereocenters. The van der Waals surface area contributed by atoms with Crippen LogP contribution < -0.4 is 0 Å². The molecule has 0 fully saturated rings. The van der Waals surface area contributed by atoms with Gasteiger partial charge in [-0.1, -0.05) is 78.6 Å². The molecule has 0 bridgehead atoms. The second-order valence-corrected chi connectivity index (χ2v) is 6.20. The summed E-state index contributed by atoms with van der Waals surface area (Å²) in [6.45, 7) is 0. The zero-order valence-corrected chi connectivity index (χ0v) is 14.7. The Labute approximate surface area is 155 Å². The van der Waals surface area contributed by atoms with E-state index in [9.17, 15) is 5.11 Å². The number of aryl methyl sites for hydroxylation is 1. The SMILES string of the molecule is Oc1ccc(C#C/C(=C\Cc2ccccc2)CCc2ccccc2)cc1. The molecule has 3 aromatic rings. The number of phenols is 1. The maximum absolute atomic E-state index is 9.40. The molecule has 0 atom stereocenters. The zero-order chi connectivity index (χ0) is 18.0. The van der Waals surface area contributed by atoms with Crippen molar-refractivity contribution in [1.82, 2.24) is 0 Å². The minimum absolute atomic E-state index is 0.263. The van der Waals surface area contributed by atoms with Crippen LogP contribution in [0.4, 0.5) is 0 Å². The van der Waals surface area contributed by atoms with E-state index >= 15 is 0 Å². The van der Waals surface area contributed by atoms with Gasteiger partial charge in [0.2, 0.25) is 0 Å². The van der Waals surface area contributed by atoms with Gasteiger partial charge in [0.1, 0.15) is 5.75 Å². The third-order valence-corrected chi connectivity index (χ3v) is 4.19. The maximum atomic E-state index is 9.40. The van der Waals surface area contributed by atoms with Crippen LogP contribution in [0.5, 0.6) is 5.75 Å². The highest BCUT2D eigenvalue weighted by molar-refractivity contribution is 5.43. The number of benzene rings is 3. The van der Waals surface area contributed by atoms with E-state index in [4.69, 9.17) is 0 Å². The van der Waals surface area contributed by atoms with E-state index in [0.29, 0.717) is 0 Å². The largest absolute Gasteiger partial charge is 0.508 e. The molecule has 1 nitrogen and oxygen atoms in total. The summed E-state index contributed by atoms with van der Waals surface area (Å²) in [5.74, 6) is 6.80. The molecule has 0 aliphatic rings. The van der Waals surface area contributed by atoms with Gasteiger partial charge in [0.05, 0.1) is 0 Å². The fourth-order valence-corrected chi connectivity index (χ4v) is 2.69. The van der Waals surface area contributed by atoms with E-state index in [1.54, 1.807) is 12.1 Å². The van der Waals surface area contributed by atoms with Crippen molar-refractivity contribution in [3.63, 3.8) is 0 Å². The first kappa shape index (κ1) is 17.6. The molecule has 0 aliphatic heterocycles. The van der Waals surface area contributed by atoms with Gasteiger partial charge in [-0.05, 0) is 60.2 Å². The van der Waals surface area contributed by atoms with Crippen molar-refractivity contribution < 1.29 is 5.11 Å². The van der Waals surface area contributed by atoms with Gasteiger partial charge in [0.15, 0.2) is 0 Å². The van der Waals surface area contributed by atoms with Crippen molar-refractivity contribution in [2.24, 2.45) is 0 Å². The minimum atomic E-state index is 0.263. The summed E-state index contributed by atoms with van der Waals surface area (Å²) in [5.41, 5.74) is 4.67. The normalized spacial score (nSPS) is 10.8. The summed E-state index contributed by atoms with van der Waals surface area (Å²) in [4.78, 5) is 0. The van der Waals surface area contributed by atoms with E-state index in [2.05, 4.69) is 66.4 Å². The van der Waals surface area contributed by atoms with Gasteiger partial charge in [0.25, 0.3) is 0 Å². The van der Waals surface area contributed by atoms with Crippen molar-refractivity contribution in [3.05, 3.63) is 113 Å². The van der Waals surface area contributed by atoms with E-state index < -0.39 is 0 Å². The summed E-state index contributed by atoms with van der Waals surface area (Å²) < 4.78 is 0. The first-order valence-corrected chi connectivity index (χ1v) is 8.87. The Hall–Kier alpha value is -3.24. The smallest absolute Gasteiger partial charge is 0.115 e. The first-order chi connectivity index (χ1) is 12.8. The monoisotopic (exact) mass is 338 g/mol. The molecule has 0 saturated heterocycles. The molecular weight excluding hydrogens is 316 g/mol. The Morgan fingerprint density at radius 3 is 2.04 bits per heavy atom. The molecule has 0 aliphatic carbocycles. The van der Waals surface area contributed by atoms with Gasteiger partial charge in [0, 0.05) is 5.56 Å². The third-order valence-electron chi connectivity index (χ3n) is 4.19. The van der Waals surface area contributed by atoms with E-state index in [1.165, 1.54) is 11.1 Å². The Kier molecular flexibility index (Phi) is 6.29. The highest BCUT2D eigenvalue weighted by Crippen LogP contribution is 2.12. The molecule has 26 heavy (non-hydrogen) atoms. The molecule has 128 valence electrons. The van der Waals surface area contributed by atoms with Crippen LogP contribution in [-0.4, -0.2) is 5.11 Å². The van der Waals surface area contributed by atoms with Crippen LogP contribution >= 0.6 is 0 Å². The zero-order valence-electron chi connectivity index (χ0n) is 14.7. The van der Waals surface area contributed by atoms with Crippen molar-refractivity contribution in [3.8, 4) is 17.6 Å². The lowest BCUT2D eigenvalue weighted by Crippen LogP contribution is -1.90. The van der Waals surface area contributed by atoms with Crippen molar-refractivity contribution in [2.45, 2.75) is 19.3 Å². The minimum Gasteiger partial charge on any atom is -0.508 e. The van der Waals surface area contributed by atoms with Crippen LogP contribution in [0.3, 0.4) is 0 Å². The van der Waals surface area contributed by atoms with Gasteiger partial charge < -0.3 is 5.11 Å². The van der Waals surface area contributed by atoms with Gasteiger partial charge >= 0.3 is 0 Å². The van der Waals surface area contributed by atoms with Crippen LogP contribution in [0.25, 0.3) is 0 Å². The molecular formula is C25H22O. The van der Waals surface area contributed by atoms with Gasteiger partial charge in [-0.2, -0.15) is 0 Å². The number of aromatic hydroxyl groups is 1. The lowest BCUT2D eigenvalue weighted by molar-refractivity contribution is 0.475. The average Bonchev–Trinajstić information content (AvgIpc) is 2.70. The highest BCUT2D eigenvalue weighted by atomic mass is 16.3. The Balaban J connectivity index is 1.75. The van der Waals surface area contributed by atoms with Crippen LogP contribution in [0, 0.1) is 11.8 Å². The molecule has 0 radical (unpaired) electrons. The number of phenolic OH excluding ortho intramolecular Hbond substituents is 1. The highest BCUT2D eigenvalue weighted by Gasteiger charge is 1.98. The second kappa shape index (κ2) is 9.30. The molecule has 0 heterocycles. The molecule has 0 aromatic heterocycles. The van der Waals surface area contributed by atoms with Crippen LogP contribution in [0.2, 0.25) is 0 Å². The topological polar surface area (TPSA) is 20.2 Å². The van der Waals surface area contributed by atoms with E-state index in [0.717, 1.165) is 30.4 Å². The lowest BCUT2D eigenvalue weighted by Gasteiger charge is -2.03. The third kappa shape index (κ3) is 5.69. The van der Waals surface area contributed by atoms with Crippen LogP contribution in [0.15, 0.2) is 96.6 Å². The molecule has 1 heteroatoms. The van der Waals surface area contributed by atoms with Crippen molar-refractivity contribution in [1.29, 1.82) is 0 Å². The van der Waals surface area contributed by atoms with E-state index in [1.807, 2.05) is 24.3 Å². The maximum Gasteiger partial charge on any atom is 0.115 e. The molecule has 1 N–H and O–H groups in total. The number of allylic oxidation sites excluding steroid dienone is 2. The summed E-state index contributed by atoms with van der Waals surface area (Å²) in [6, 6.07) is 28.0. The average molecular weight is 338 g/mol. The first-order valence-electron chi connectivity index (χ1n) is 8.87. The molecule has 0 saturated carbocycles. The Bertz CT molecular complexity index is 895. The second-order valence-electron chi connectivity index (χ2n) is 6.20. The van der Waals surface area contributed by atoms with Crippen LogP contribution in [-0.2, 0) is 12.8 Å². The van der Waals surface area contributed by atoms with Crippen molar-refractivity contribution >= 4 is 0 Å². The van der Waals surface area contributed by atoms with Gasteiger partial charge in [-0.25, -0.2) is 0 Å². The predicted molar refractivity (Wildman–Crippen MR) is 108 cm³/mol. The summed E-state index contributed by atoms with van der Waals surface area (Å²) >= 11 is 0. The lowest BCUT2D eigenvalue weighted by atomic mass is 10.0. The number of hydrogen-bond acceptors (Lipinski definition) is 1. The molecule has 3 aromatic carbocycles. The standard InChI is InChI=1S/C25H22O/c26-25-19-17-24(18-20-25)16-15-23(13-11-21-7-3-1-4-8-21)14-12-22-9-5-2-6-10-22/h1-10,13,17-20,26H,11-12,14H2/b23-13-. The fraction of sp³-hybridized carbons (Fsp3) is 0.120. The summed E-state index contributed by atoms with van der Waals surface area (Å²) in [5, 5.41) is 9.40. The Morgan fingerprint density at radius 2 is 1.38 bits per heavy atom. The summed E-state index contributed by atoms with van der Waals surface area (Å²) in [7, 11) is 0. The van der Waals surface area contributed by atoms with E-state index in [-0.39, 0.29) is 5.75 Å². The van der Waals surface area contributed by atoms with Gasteiger partial charge in [-0.15, -0.1) is 0 Å². The van der Waals surface area contributed by atoms with Crippen LogP contribution in [0.1, 0.15) is 23.1 Å². The van der Waals surface area contributed by atoms with Crippen molar-refractivity contribution in [2.75, 3.05) is 0 Å². The number of hydrogen-bond donors (Lipinski definition) is 1. The molecule has 3 rings (SSSR count). The summed E-state index contributed by atoms with van der Waals surface area (Å²) in [6.07, 6.45) is 5.01. The fourth-order valence-electron chi connectivity index (χ4n) is 2.69. The molecule has 0 amide bonds.